The summed E-state index contributed by atoms with van der Waals surface area (Å²) in [5.74, 6) is 0. The number of carbonyl (C=O) groups is 2. The summed E-state index contributed by atoms with van der Waals surface area (Å²) >= 11 is 0. The Bertz CT molecular complexity index is 497. The molecule has 27 heavy (non-hydrogen) atoms. The molecule has 0 radical (unpaired) electrons. The molecule has 0 aromatic carbocycles. The van der Waals surface area contributed by atoms with Gasteiger partial charge in [-0.2, -0.15) is 0 Å². The number of allylic oxidation sites excluding steroid dienone is 2. The van der Waals surface area contributed by atoms with E-state index in [1.54, 1.807) is 0 Å². The van der Waals surface area contributed by atoms with Gasteiger partial charge in [0.15, 0.2) is 6.29 Å². The van der Waals surface area contributed by atoms with Gasteiger partial charge in [0.05, 0.1) is 31.2 Å². The molecule has 1 aliphatic rings. The van der Waals surface area contributed by atoms with E-state index in [1.807, 2.05) is 19.0 Å². The molecule has 0 saturated carbocycles. The maximum atomic E-state index is 12.0. The fourth-order valence-electron chi connectivity index (χ4n) is 3.05. The summed E-state index contributed by atoms with van der Waals surface area (Å²) in [6.07, 6.45) is 7.51. The third kappa shape index (κ3) is 8.24. The lowest BCUT2D eigenvalue weighted by Crippen LogP contribution is -2.43. The highest BCUT2D eigenvalue weighted by Gasteiger charge is 2.18. The van der Waals surface area contributed by atoms with Gasteiger partial charge in [-0.25, -0.2) is 5.43 Å². The third-order valence-electron chi connectivity index (χ3n) is 4.63. The van der Waals surface area contributed by atoms with Gasteiger partial charge < -0.3 is 24.8 Å². The Balaban J connectivity index is 3.02. The average molecular weight is 381 g/mol. The molecule has 7 nitrogen and oxygen atoms in total. The number of aldehydes is 2. The van der Waals surface area contributed by atoms with Crippen LogP contribution in [0.5, 0.6) is 0 Å². The fourth-order valence-corrected chi connectivity index (χ4v) is 3.05. The Labute approximate surface area is 163 Å². The second-order valence-corrected chi connectivity index (χ2v) is 6.55. The number of unbranched alkanes of at least 4 members (excludes halogenated alkanes) is 1. The first-order valence-electron chi connectivity index (χ1n) is 9.99. The Morgan fingerprint density at radius 2 is 2.11 bits per heavy atom. The first kappa shape index (κ1) is 23.3. The molecule has 0 spiro atoms. The van der Waals surface area contributed by atoms with E-state index in [0.717, 1.165) is 63.8 Å². The van der Waals surface area contributed by atoms with E-state index in [0.29, 0.717) is 25.3 Å². The highest BCUT2D eigenvalue weighted by Crippen LogP contribution is 2.17. The number of ether oxygens (including phenoxy) is 1. The SMILES string of the molecule is CCCCN(CCNC)/C(C=O)=C(\CC)N(CC=O)NCC1=CCOCC1. The average Bonchev–Trinajstić information content (AvgIpc) is 2.71. The van der Waals surface area contributed by atoms with Crippen molar-refractivity contribution in [3.8, 4) is 0 Å². The number of nitrogens with zero attached hydrogens (tertiary/aromatic N) is 2. The molecule has 1 rings (SSSR count). The molecule has 0 amide bonds. The van der Waals surface area contributed by atoms with E-state index >= 15 is 0 Å². The van der Waals surface area contributed by atoms with Crippen molar-refractivity contribution in [3.05, 3.63) is 23.0 Å². The second-order valence-electron chi connectivity index (χ2n) is 6.55. The molecule has 154 valence electrons. The van der Waals surface area contributed by atoms with Gasteiger partial charge in [-0.05, 0) is 26.3 Å². The zero-order valence-electron chi connectivity index (χ0n) is 17.1. The van der Waals surface area contributed by atoms with Gasteiger partial charge in [0, 0.05) is 26.2 Å². The molecule has 0 aromatic rings. The zero-order valence-corrected chi connectivity index (χ0v) is 17.1. The summed E-state index contributed by atoms with van der Waals surface area (Å²) in [6.45, 7) is 8.76. The van der Waals surface area contributed by atoms with Crippen LogP contribution >= 0.6 is 0 Å². The Morgan fingerprint density at radius 1 is 1.30 bits per heavy atom. The highest BCUT2D eigenvalue weighted by atomic mass is 16.5. The molecule has 7 heteroatoms. The van der Waals surface area contributed by atoms with Crippen molar-refractivity contribution in [1.82, 2.24) is 20.7 Å². The van der Waals surface area contributed by atoms with Crippen molar-refractivity contribution >= 4 is 12.6 Å². The summed E-state index contributed by atoms with van der Waals surface area (Å²) in [5.41, 5.74) is 6.13. The molecule has 0 saturated heterocycles. The van der Waals surface area contributed by atoms with E-state index in [1.165, 1.54) is 5.57 Å². The summed E-state index contributed by atoms with van der Waals surface area (Å²) in [4.78, 5) is 25.4. The van der Waals surface area contributed by atoms with Gasteiger partial charge in [0.1, 0.15) is 6.29 Å². The Hall–Kier alpha value is -1.70. The van der Waals surface area contributed by atoms with Crippen LogP contribution in [0.4, 0.5) is 0 Å². The Morgan fingerprint density at radius 3 is 2.67 bits per heavy atom. The largest absolute Gasteiger partial charge is 0.377 e. The number of nitrogens with one attached hydrogen (secondary N) is 2. The Kier molecular flexibility index (Phi) is 12.4. The van der Waals surface area contributed by atoms with Gasteiger partial charge >= 0.3 is 0 Å². The lowest BCUT2D eigenvalue weighted by molar-refractivity contribution is -0.109. The van der Waals surface area contributed by atoms with E-state index in [4.69, 9.17) is 4.74 Å². The van der Waals surface area contributed by atoms with Crippen LogP contribution in [0.15, 0.2) is 23.0 Å². The fraction of sp³-hybridized carbons (Fsp3) is 0.700. The minimum Gasteiger partial charge on any atom is -0.377 e. The second kappa shape index (κ2) is 14.4. The van der Waals surface area contributed by atoms with Gasteiger partial charge in [-0.1, -0.05) is 31.9 Å². The molecule has 0 atom stereocenters. The van der Waals surface area contributed by atoms with Crippen molar-refractivity contribution in [2.75, 3.05) is 53.0 Å². The summed E-state index contributed by atoms with van der Waals surface area (Å²) in [6, 6.07) is 0. The van der Waals surface area contributed by atoms with E-state index in [-0.39, 0.29) is 6.54 Å². The number of rotatable bonds is 15. The van der Waals surface area contributed by atoms with Crippen LogP contribution in [-0.4, -0.2) is 75.5 Å². The lowest BCUT2D eigenvalue weighted by Gasteiger charge is -2.32. The first-order valence-corrected chi connectivity index (χ1v) is 9.99. The van der Waals surface area contributed by atoms with Gasteiger partial charge in [-0.15, -0.1) is 0 Å². The minimum absolute atomic E-state index is 0.206. The summed E-state index contributed by atoms with van der Waals surface area (Å²) in [7, 11) is 1.91. The van der Waals surface area contributed by atoms with Crippen molar-refractivity contribution in [3.63, 3.8) is 0 Å². The zero-order chi connectivity index (χ0) is 19.9. The highest BCUT2D eigenvalue weighted by molar-refractivity contribution is 5.73. The topological polar surface area (TPSA) is 73.9 Å². The third-order valence-corrected chi connectivity index (χ3v) is 4.63. The predicted octanol–water partition coefficient (Wildman–Crippen LogP) is 1.48. The van der Waals surface area contributed by atoms with E-state index in [9.17, 15) is 9.59 Å². The van der Waals surface area contributed by atoms with Gasteiger partial charge in [0.2, 0.25) is 0 Å². The monoisotopic (exact) mass is 380 g/mol. The number of hydrogen-bond acceptors (Lipinski definition) is 7. The molecule has 0 bridgehead atoms. The standard InChI is InChI=1S/C20H36N4O3/c1-4-6-10-23(11-9-21-3)20(17-26)19(5-2)24(12-13-25)22-16-18-7-14-27-15-8-18/h7,13,17,21-22H,4-6,8-12,14-16H2,1-3H3/b20-19+. The smallest absolute Gasteiger partial charge is 0.167 e. The molecule has 0 aromatic heterocycles. The van der Waals surface area contributed by atoms with Crippen molar-refractivity contribution in [2.45, 2.75) is 39.5 Å². The van der Waals surface area contributed by atoms with Crippen LogP contribution in [0.1, 0.15) is 39.5 Å². The van der Waals surface area contributed by atoms with Crippen LogP contribution in [0, 0.1) is 0 Å². The number of hydrazine groups is 1. The molecule has 2 N–H and O–H groups in total. The molecular weight excluding hydrogens is 344 g/mol. The first-order chi connectivity index (χ1) is 13.2. The molecule has 0 aliphatic carbocycles. The predicted molar refractivity (Wildman–Crippen MR) is 108 cm³/mol. The molecule has 1 aliphatic heterocycles. The van der Waals surface area contributed by atoms with Crippen LogP contribution in [-0.2, 0) is 14.3 Å². The molecule has 0 unspecified atom stereocenters. The van der Waals surface area contributed by atoms with Crippen molar-refractivity contribution in [1.29, 1.82) is 0 Å². The van der Waals surface area contributed by atoms with E-state index < -0.39 is 0 Å². The van der Waals surface area contributed by atoms with Gasteiger partial charge in [-0.3, -0.25) is 4.79 Å². The van der Waals surface area contributed by atoms with E-state index in [2.05, 4.69) is 28.6 Å². The van der Waals surface area contributed by atoms with Crippen LogP contribution in [0.3, 0.4) is 0 Å². The molecule has 0 fully saturated rings. The minimum atomic E-state index is 0.206. The maximum Gasteiger partial charge on any atom is 0.167 e. The van der Waals surface area contributed by atoms with Crippen LogP contribution < -0.4 is 10.7 Å². The van der Waals surface area contributed by atoms with Gasteiger partial charge in [0.25, 0.3) is 0 Å². The van der Waals surface area contributed by atoms with Crippen molar-refractivity contribution in [2.24, 2.45) is 0 Å². The number of likely N-dealkylation sites (N-methyl/N-ethyl adjacent to an activating group) is 1. The lowest BCUT2D eigenvalue weighted by atomic mass is 10.1. The molecule has 1 heterocycles. The summed E-state index contributed by atoms with van der Waals surface area (Å²) < 4.78 is 5.34. The van der Waals surface area contributed by atoms with Crippen LogP contribution in [0.25, 0.3) is 0 Å². The van der Waals surface area contributed by atoms with Crippen molar-refractivity contribution < 1.29 is 14.3 Å². The maximum absolute atomic E-state index is 12.0. The number of carbonyl (C=O) groups excluding carboxylic acids is 2. The summed E-state index contributed by atoms with van der Waals surface area (Å²) in [5, 5.41) is 4.97. The quantitative estimate of drug-likeness (QED) is 0.193. The number of hydrogen-bond donors (Lipinski definition) is 2. The van der Waals surface area contributed by atoms with Crippen LogP contribution in [0.2, 0.25) is 0 Å². The normalized spacial score (nSPS) is 15.0. The molecular formula is C20H36N4O3.